The lowest BCUT2D eigenvalue weighted by atomic mass is 9.81. The van der Waals surface area contributed by atoms with Crippen LogP contribution in [0.3, 0.4) is 0 Å². The van der Waals surface area contributed by atoms with Crippen molar-refractivity contribution in [2.75, 3.05) is 6.54 Å². The first-order chi connectivity index (χ1) is 6.40. The number of nitrogens with zero attached hydrogens (tertiary/aromatic N) is 1. The first kappa shape index (κ1) is 8.75. The molecule has 0 unspecified atom stereocenters. The summed E-state index contributed by atoms with van der Waals surface area (Å²) in [6.07, 6.45) is 8.21. The molecule has 0 atom stereocenters. The molecule has 1 aliphatic carbocycles. The average Bonchev–Trinajstić information content (AvgIpc) is 2.71. The van der Waals surface area contributed by atoms with Crippen molar-refractivity contribution in [1.82, 2.24) is 4.98 Å². The Hall–Kier alpha value is -0.830. The van der Waals surface area contributed by atoms with E-state index in [4.69, 9.17) is 10.2 Å². The van der Waals surface area contributed by atoms with Gasteiger partial charge in [0.05, 0.1) is 5.69 Å². The predicted octanol–water partition coefficient (Wildman–Crippen LogP) is 1.91. The van der Waals surface area contributed by atoms with Crippen LogP contribution >= 0.6 is 0 Å². The molecule has 1 aromatic heterocycles. The molecule has 2 rings (SSSR count). The van der Waals surface area contributed by atoms with Crippen LogP contribution < -0.4 is 5.73 Å². The van der Waals surface area contributed by atoms with Crippen molar-refractivity contribution in [1.29, 1.82) is 0 Å². The molecule has 1 saturated carbocycles. The Morgan fingerprint density at radius 1 is 1.38 bits per heavy atom. The van der Waals surface area contributed by atoms with Gasteiger partial charge in [0, 0.05) is 5.92 Å². The Kier molecular flexibility index (Phi) is 2.64. The van der Waals surface area contributed by atoms with E-state index in [9.17, 15) is 0 Å². The fraction of sp³-hybridized carbons (Fsp3) is 0.700. The van der Waals surface area contributed by atoms with E-state index >= 15 is 0 Å². The van der Waals surface area contributed by atoms with E-state index in [1.807, 2.05) is 0 Å². The molecule has 1 aliphatic rings. The van der Waals surface area contributed by atoms with Gasteiger partial charge in [-0.2, -0.15) is 0 Å². The summed E-state index contributed by atoms with van der Waals surface area (Å²) in [5, 5.41) is 0. The molecule has 0 radical (unpaired) electrons. The van der Waals surface area contributed by atoms with Gasteiger partial charge in [0.2, 0.25) is 0 Å². The highest BCUT2D eigenvalue weighted by molar-refractivity contribution is 5.02. The van der Waals surface area contributed by atoms with Crippen LogP contribution in [0, 0.1) is 5.92 Å². The fourth-order valence-corrected chi connectivity index (χ4v) is 2.12. The van der Waals surface area contributed by atoms with Gasteiger partial charge < -0.3 is 10.2 Å². The molecule has 1 heterocycles. The summed E-state index contributed by atoms with van der Waals surface area (Å²) < 4.78 is 4.99. The summed E-state index contributed by atoms with van der Waals surface area (Å²) in [4.78, 5) is 4.19. The Bertz CT molecular complexity index is 237. The summed E-state index contributed by atoms with van der Waals surface area (Å²) in [5.41, 5.74) is 6.75. The van der Waals surface area contributed by atoms with E-state index in [2.05, 4.69) is 4.98 Å². The molecule has 72 valence electrons. The lowest BCUT2D eigenvalue weighted by Crippen LogP contribution is -2.20. The number of hydrogen-bond acceptors (Lipinski definition) is 3. The number of nitrogens with two attached hydrogens (primary N) is 1. The van der Waals surface area contributed by atoms with Gasteiger partial charge in [-0.3, -0.25) is 0 Å². The minimum atomic E-state index is 0.613. The molecule has 1 aromatic rings. The number of oxazole rings is 1. The van der Waals surface area contributed by atoms with Crippen LogP contribution in [0.1, 0.15) is 37.3 Å². The van der Waals surface area contributed by atoms with Gasteiger partial charge in [-0.15, -0.1) is 0 Å². The van der Waals surface area contributed by atoms with Crippen molar-refractivity contribution < 1.29 is 4.42 Å². The summed E-state index contributed by atoms with van der Waals surface area (Å²) >= 11 is 0. The number of rotatable bonds is 2. The quantitative estimate of drug-likeness (QED) is 0.756. The molecule has 0 saturated heterocycles. The van der Waals surface area contributed by atoms with Crippen molar-refractivity contribution in [2.45, 2.75) is 31.6 Å². The predicted molar refractivity (Wildman–Crippen MR) is 50.3 cm³/mol. The smallest absolute Gasteiger partial charge is 0.180 e. The molecule has 0 amide bonds. The van der Waals surface area contributed by atoms with Crippen molar-refractivity contribution in [3.8, 4) is 0 Å². The van der Waals surface area contributed by atoms with Crippen LogP contribution in [0.15, 0.2) is 17.1 Å². The zero-order valence-corrected chi connectivity index (χ0v) is 7.78. The maximum atomic E-state index is 5.63. The molecule has 0 spiro atoms. The number of aromatic nitrogens is 1. The van der Waals surface area contributed by atoms with Crippen molar-refractivity contribution in [3.63, 3.8) is 0 Å². The Labute approximate surface area is 78.3 Å². The SMILES string of the molecule is NCC1CCC(c2cocn2)CC1. The third kappa shape index (κ3) is 1.91. The van der Waals surface area contributed by atoms with Gasteiger partial charge in [0.25, 0.3) is 0 Å². The molecule has 1 fully saturated rings. The highest BCUT2D eigenvalue weighted by Gasteiger charge is 2.22. The van der Waals surface area contributed by atoms with Crippen LogP contribution in [0.4, 0.5) is 0 Å². The standard InChI is InChI=1S/C10H16N2O/c11-5-8-1-3-9(4-2-8)10-6-13-7-12-10/h6-9H,1-5,11H2. The first-order valence-corrected chi connectivity index (χ1v) is 4.98. The largest absolute Gasteiger partial charge is 0.451 e. The third-order valence-corrected chi connectivity index (χ3v) is 3.05. The molecule has 0 aromatic carbocycles. The van der Waals surface area contributed by atoms with E-state index in [1.54, 1.807) is 6.26 Å². The minimum Gasteiger partial charge on any atom is -0.451 e. The van der Waals surface area contributed by atoms with Crippen molar-refractivity contribution >= 4 is 0 Å². The highest BCUT2D eigenvalue weighted by Crippen LogP contribution is 2.34. The van der Waals surface area contributed by atoms with E-state index in [1.165, 1.54) is 32.1 Å². The average molecular weight is 180 g/mol. The topological polar surface area (TPSA) is 52.0 Å². The lowest BCUT2D eigenvalue weighted by Gasteiger charge is -2.25. The molecule has 3 nitrogen and oxygen atoms in total. The van der Waals surface area contributed by atoms with Crippen molar-refractivity contribution in [3.05, 3.63) is 18.4 Å². The second-order valence-corrected chi connectivity index (χ2v) is 3.87. The van der Waals surface area contributed by atoms with E-state index < -0.39 is 0 Å². The third-order valence-electron chi connectivity index (χ3n) is 3.05. The summed E-state index contributed by atoms with van der Waals surface area (Å²) in [5.74, 6) is 1.35. The van der Waals surface area contributed by atoms with Crippen molar-refractivity contribution in [2.24, 2.45) is 11.7 Å². The monoisotopic (exact) mass is 180 g/mol. The summed E-state index contributed by atoms with van der Waals surface area (Å²) in [7, 11) is 0. The fourth-order valence-electron chi connectivity index (χ4n) is 2.12. The maximum absolute atomic E-state index is 5.63. The Balaban J connectivity index is 1.92. The van der Waals surface area contributed by atoms with E-state index in [0.29, 0.717) is 5.92 Å². The normalized spacial score (nSPS) is 29.0. The summed E-state index contributed by atoms with van der Waals surface area (Å²) in [6, 6.07) is 0. The zero-order chi connectivity index (χ0) is 9.10. The lowest BCUT2D eigenvalue weighted by molar-refractivity contribution is 0.329. The molecule has 0 bridgehead atoms. The molecule has 2 N–H and O–H groups in total. The van der Waals surface area contributed by atoms with Gasteiger partial charge in [-0.1, -0.05) is 0 Å². The maximum Gasteiger partial charge on any atom is 0.180 e. The molecule has 3 heteroatoms. The van der Waals surface area contributed by atoms with Gasteiger partial charge >= 0.3 is 0 Å². The molecule has 13 heavy (non-hydrogen) atoms. The molecular weight excluding hydrogens is 164 g/mol. The van der Waals surface area contributed by atoms with Gasteiger partial charge in [0.1, 0.15) is 6.26 Å². The molecular formula is C10H16N2O. The zero-order valence-electron chi connectivity index (χ0n) is 7.78. The minimum absolute atomic E-state index is 0.613. The van der Waals surface area contributed by atoms with Crippen LogP contribution in [0.25, 0.3) is 0 Å². The second-order valence-electron chi connectivity index (χ2n) is 3.87. The van der Waals surface area contributed by atoms with Gasteiger partial charge in [-0.25, -0.2) is 4.98 Å². The van der Waals surface area contributed by atoms with Crippen LogP contribution in [-0.4, -0.2) is 11.5 Å². The van der Waals surface area contributed by atoms with E-state index in [-0.39, 0.29) is 0 Å². The summed E-state index contributed by atoms with van der Waals surface area (Å²) in [6.45, 7) is 0.839. The first-order valence-electron chi connectivity index (χ1n) is 4.98. The van der Waals surface area contributed by atoms with E-state index in [0.717, 1.165) is 18.2 Å². The Morgan fingerprint density at radius 2 is 2.15 bits per heavy atom. The van der Waals surface area contributed by atoms with Crippen LogP contribution in [0.2, 0.25) is 0 Å². The van der Waals surface area contributed by atoms with Crippen LogP contribution in [0.5, 0.6) is 0 Å². The molecule has 0 aliphatic heterocycles. The van der Waals surface area contributed by atoms with Gasteiger partial charge in [0.15, 0.2) is 6.39 Å². The second kappa shape index (κ2) is 3.92. The number of hydrogen-bond donors (Lipinski definition) is 1. The van der Waals surface area contributed by atoms with Crippen LogP contribution in [-0.2, 0) is 0 Å². The highest BCUT2D eigenvalue weighted by atomic mass is 16.3. The Morgan fingerprint density at radius 3 is 2.69 bits per heavy atom. The van der Waals surface area contributed by atoms with Gasteiger partial charge in [-0.05, 0) is 38.1 Å².